The second-order valence-electron chi connectivity index (χ2n) is 4.87. The molecule has 0 unspecified atom stereocenters. The van der Waals surface area contributed by atoms with Crippen molar-refractivity contribution >= 4 is 17.3 Å². The zero-order valence-electron chi connectivity index (χ0n) is 11.3. The highest BCUT2D eigenvalue weighted by atomic mass is 32.1. The third kappa shape index (κ3) is 4.67. The molecule has 0 bridgehead atoms. The van der Waals surface area contributed by atoms with Crippen LogP contribution in [0.5, 0.6) is 5.88 Å². The van der Waals surface area contributed by atoms with Crippen LogP contribution in [0.2, 0.25) is 0 Å². The summed E-state index contributed by atoms with van der Waals surface area (Å²) >= 11 is 5.33. The van der Waals surface area contributed by atoms with Crippen molar-refractivity contribution in [3.05, 3.63) is 23.9 Å². The van der Waals surface area contributed by atoms with Gasteiger partial charge in [0.15, 0.2) is 5.11 Å². The molecule has 19 heavy (non-hydrogen) atoms. The average molecular weight is 279 g/mol. The molecule has 0 amide bonds. The normalized spacial score (nSPS) is 15.8. The second kappa shape index (κ2) is 7.28. The summed E-state index contributed by atoms with van der Waals surface area (Å²) in [5.74, 6) is 0.630. The molecule has 1 heterocycles. The van der Waals surface area contributed by atoms with Gasteiger partial charge in [-0.25, -0.2) is 4.98 Å². The Bertz CT molecular complexity index is 419. The molecular formula is C14H21N3OS. The quantitative estimate of drug-likeness (QED) is 0.829. The van der Waals surface area contributed by atoms with E-state index in [2.05, 4.69) is 15.6 Å². The lowest BCUT2D eigenvalue weighted by Crippen LogP contribution is -2.42. The van der Waals surface area contributed by atoms with Crippen molar-refractivity contribution in [2.75, 3.05) is 7.11 Å². The van der Waals surface area contributed by atoms with E-state index in [1.165, 1.54) is 32.1 Å². The lowest BCUT2D eigenvalue weighted by molar-refractivity contribution is 0.397. The Balaban J connectivity index is 1.76. The van der Waals surface area contributed by atoms with Crippen LogP contribution < -0.4 is 15.4 Å². The van der Waals surface area contributed by atoms with Gasteiger partial charge in [-0.1, -0.05) is 19.3 Å². The van der Waals surface area contributed by atoms with Gasteiger partial charge in [0.25, 0.3) is 0 Å². The maximum absolute atomic E-state index is 5.33. The first kappa shape index (κ1) is 14.1. The lowest BCUT2D eigenvalue weighted by atomic mass is 9.96. The summed E-state index contributed by atoms with van der Waals surface area (Å²) < 4.78 is 5.10. The summed E-state index contributed by atoms with van der Waals surface area (Å²) in [5.41, 5.74) is 1.11. The van der Waals surface area contributed by atoms with Crippen LogP contribution in [0.15, 0.2) is 18.3 Å². The highest BCUT2D eigenvalue weighted by Crippen LogP contribution is 2.17. The molecule has 1 aromatic rings. The Labute approximate surface area is 120 Å². The van der Waals surface area contributed by atoms with Gasteiger partial charge in [-0.3, -0.25) is 0 Å². The second-order valence-corrected chi connectivity index (χ2v) is 5.28. The minimum absolute atomic E-state index is 0.542. The van der Waals surface area contributed by atoms with Gasteiger partial charge in [0, 0.05) is 24.8 Å². The van der Waals surface area contributed by atoms with Crippen LogP contribution in [0.3, 0.4) is 0 Å². The number of pyridine rings is 1. The van der Waals surface area contributed by atoms with E-state index in [4.69, 9.17) is 17.0 Å². The number of ether oxygens (including phenoxy) is 1. The summed E-state index contributed by atoms with van der Waals surface area (Å²) in [4.78, 5) is 4.08. The van der Waals surface area contributed by atoms with E-state index in [1.807, 2.05) is 12.1 Å². The van der Waals surface area contributed by atoms with Crippen LogP contribution >= 0.6 is 12.2 Å². The van der Waals surface area contributed by atoms with Crippen LogP contribution in [0.1, 0.15) is 37.7 Å². The molecule has 0 radical (unpaired) electrons. The summed E-state index contributed by atoms with van der Waals surface area (Å²) in [6, 6.07) is 4.41. The molecule has 0 spiro atoms. The number of hydrogen-bond donors (Lipinski definition) is 2. The Hall–Kier alpha value is -1.36. The van der Waals surface area contributed by atoms with Gasteiger partial charge in [-0.2, -0.15) is 0 Å². The number of rotatable bonds is 4. The Morgan fingerprint density at radius 1 is 1.42 bits per heavy atom. The van der Waals surface area contributed by atoms with Crippen molar-refractivity contribution < 1.29 is 4.74 Å². The van der Waals surface area contributed by atoms with Gasteiger partial charge >= 0.3 is 0 Å². The third-order valence-corrected chi connectivity index (χ3v) is 3.66. The van der Waals surface area contributed by atoms with Crippen molar-refractivity contribution in [1.29, 1.82) is 0 Å². The molecule has 0 atom stereocenters. The Morgan fingerprint density at radius 3 is 2.95 bits per heavy atom. The zero-order chi connectivity index (χ0) is 13.5. The van der Waals surface area contributed by atoms with E-state index in [0.29, 0.717) is 18.5 Å². The number of nitrogens with zero attached hydrogens (tertiary/aromatic N) is 1. The van der Waals surface area contributed by atoms with Crippen molar-refractivity contribution in [1.82, 2.24) is 15.6 Å². The predicted molar refractivity (Wildman–Crippen MR) is 80.2 cm³/mol. The molecule has 0 aliphatic heterocycles. The van der Waals surface area contributed by atoms with Crippen LogP contribution in [-0.2, 0) is 6.54 Å². The molecule has 1 aliphatic carbocycles. The summed E-state index contributed by atoms with van der Waals surface area (Å²) in [6.07, 6.45) is 8.17. The van der Waals surface area contributed by atoms with E-state index in [9.17, 15) is 0 Å². The van der Waals surface area contributed by atoms with E-state index < -0.39 is 0 Å². The van der Waals surface area contributed by atoms with Gasteiger partial charge in [-0.05, 0) is 36.7 Å². The number of thiocarbonyl (C=S) groups is 1. The first-order chi connectivity index (χ1) is 9.28. The van der Waals surface area contributed by atoms with Crippen LogP contribution in [-0.4, -0.2) is 23.2 Å². The predicted octanol–water partition coefficient (Wildman–Crippen LogP) is 2.39. The fourth-order valence-electron chi connectivity index (χ4n) is 2.34. The molecule has 104 valence electrons. The smallest absolute Gasteiger partial charge is 0.213 e. The van der Waals surface area contributed by atoms with Gasteiger partial charge in [0.1, 0.15) is 0 Å². The van der Waals surface area contributed by atoms with Gasteiger partial charge in [0.05, 0.1) is 7.11 Å². The van der Waals surface area contributed by atoms with Crippen molar-refractivity contribution in [3.8, 4) is 5.88 Å². The minimum Gasteiger partial charge on any atom is -0.481 e. The molecule has 1 fully saturated rings. The monoisotopic (exact) mass is 279 g/mol. The highest BCUT2D eigenvalue weighted by molar-refractivity contribution is 7.80. The van der Waals surface area contributed by atoms with Gasteiger partial charge < -0.3 is 15.4 Å². The topological polar surface area (TPSA) is 46.2 Å². The van der Waals surface area contributed by atoms with Crippen LogP contribution in [0.4, 0.5) is 0 Å². The van der Waals surface area contributed by atoms with Crippen LogP contribution in [0, 0.1) is 0 Å². The molecule has 1 aliphatic rings. The van der Waals surface area contributed by atoms with E-state index in [1.54, 1.807) is 13.3 Å². The average Bonchev–Trinajstić information content (AvgIpc) is 2.46. The maximum atomic E-state index is 5.33. The van der Waals surface area contributed by atoms with Crippen molar-refractivity contribution in [2.24, 2.45) is 0 Å². The fraction of sp³-hybridized carbons (Fsp3) is 0.571. The number of hydrogen-bond acceptors (Lipinski definition) is 3. The zero-order valence-corrected chi connectivity index (χ0v) is 12.1. The van der Waals surface area contributed by atoms with E-state index >= 15 is 0 Å². The summed E-state index contributed by atoms with van der Waals surface area (Å²) in [7, 11) is 1.62. The highest BCUT2D eigenvalue weighted by Gasteiger charge is 2.13. The van der Waals surface area contributed by atoms with Crippen molar-refractivity contribution in [2.45, 2.75) is 44.7 Å². The standard InChI is InChI=1S/C14H21N3OS/c1-18-13-9-11(7-8-15-13)10-16-14(19)17-12-5-3-2-4-6-12/h7-9,12H,2-6,10H2,1H3,(H2,16,17,19). The number of aromatic nitrogens is 1. The SMILES string of the molecule is COc1cc(CNC(=S)NC2CCCCC2)ccn1. The largest absolute Gasteiger partial charge is 0.481 e. The van der Waals surface area contributed by atoms with Gasteiger partial charge in [-0.15, -0.1) is 0 Å². The molecular weight excluding hydrogens is 258 g/mol. The lowest BCUT2D eigenvalue weighted by Gasteiger charge is -2.24. The number of nitrogens with one attached hydrogen (secondary N) is 2. The van der Waals surface area contributed by atoms with E-state index in [0.717, 1.165) is 10.7 Å². The first-order valence-electron chi connectivity index (χ1n) is 6.81. The van der Waals surface area contributed by atoms with Gasteiger partial charge in [0.2, 0.25) is 5.88 Å². The number of methoxy groups -OCH3 is 1. The molecule has 2 rings (SSSR count). The molecule has 2 N–H and O–H groups in total. The van der Waals surface area contributed by atoms with Crippen molar-refractivity contribution in [3.63, 3.8) is 0 Å². The fourth-order valence-corrected chi connectivity index (χ4v) is 2.58. The van der Waals surface area contributed by atoms with Crippen LogP contribution in [0.25, 0.3) is 0 Å². The molecule has 1 aromatic heterocycles. The Morgan fingerprint density at radius 2 is 2.21 bits per heavy atom. The molecule has 5 heteroatoms. The third-order valence-electron chi connectivity index (χ3n) is 3.40. The Kier molecular flexibility index (Phi) is 5.39. The maximum Gasteiger partial charge on any atom is 0.213 e. The summed E-state index contributed by atoms with van der Waals surface area (Å²) in [6.45, 7) is 0.692. The van der Waals surface area contributed by atoms with E-state index in [-0.39, 0.29) is 0 Å². The first-order valence-corrected chi connectivity index (χ1v) is 7.22. The molecule has 1 saturated carbocycles. The minimum atomic E-state index is 0.542. The molecule has 0 aromatic carbocycles. The summed E-state index contributed by atoms with van der Waals surface area (Å²) in [5, 5.41) is 7.36. The molecule has 0 saturated heterocycles. The molecule has 4 nitrogen and oxygen atoms in total.